The summed E-state index contributed by atoms with van der Waals surface area (Å²) in [6.45, 7) is 6.73. The lowest BCUT2D eigenvalue weighted by atomic mass is 10.1. The number of nitrogens with one attached hydrogen (secondary N) is 1. The highest BCUT2D eigenvalue weighted by molar-refractivity contribution is 5.62. The molecule has 0 saturated carbocycles. The molecule has 3 N–H and O–H groups in total. The average Bonchev–Trinajstić information content (AvgIpc) is 2.36. The van der Waals surface area contributed by atoms with Crippen LogP contribution in [-0.2, 0) is 0 Å². The predicted molar refractivity (Wildman–Crippen MR) is 74.4 cm³/mol. The van der Waals surface area contributed by atoms with Crippen molar-refractivity contribution >= 4 is 11.4 Å². The summed E-state index contributed by atoms with van der Waals surface area (Å²) in [5, 5.41) is 3.48. The molecular formula is C14H23N3. The van der Waals surface area contributed by atoms with Crippen LogP contribution < -0.4 is 11.1 Å². The second-order valence-electron chi connectivity index (χ2n) is 4.85. The molecule has 3 heteroatoms. The summed E-state index contributed by atoms with van der Waals surface area (Å²) in [5.74, 6) is 0. The zero-order chi connectivity index (χ0) is 12.1. The fourth-order valence-corrected chi connectivity index (χ4v) is 2.38. The van der Waals surface area contributed by atoms with Crippen molar-refractivity contribution in [1.29, 1.82) is 0 Å². The van der Waals surface area contributed by atoms with Crippen LogP contribution in [0.15, 0.2) is 18.2 Å². The molecule has 3 nitrogen and oxygen atoms in total. The van der Waals surface area contributed by atoms with Crippen molar-refractivity contribution in [3.8, 4) is 0 Å². The van der Waals surface area contributed by atoms with Gasteiger partial charge in [0.25, 0.3) is 0 Å². The van der Waals surface area contributed by atoms with E-state index in [2.05, 4.69) is 23.2 Å². The Bertz CT molecular complexity index is 356. The van der Waals surface area contributed by atoms with Crippen LogP contribution in [0, 0.1) is 6.92 Å². The molecule has 0 amide bonds. The van der Waals surface area contributed by atoms with Gasteiger partial charge in [-0.25, -0.2) is 0 Å². The van der Waals surface area contributed by atoms with E-state index >= 15 is 0 Å². The molecule has 1 fully saturated rings. The SMILES string of the molecule is Cc1c(N)cccc1NCCN1CCCCC1. The molecule has 1 saturated heterocycles. The molecule has 0 spiro atoms. The molecule has 0 atom stereocenters. The van der Waals surface area contributed by atoms with E-state index in [1.165, 1.54) is 38.0 Å². The van der Waals surface area contributed by atoms with Gasteiger partial charge in [0.1, 0.15) is 0 Å². The Labute approximate surface area is 104 Å². The van der Waals surface area contributed by atoms with Crippen molar-refractivity contribution in [3.63, 3.8) is 0 Å². The van der Waals surface area contributed by atoms with Crippen molar-refractivity contribution in [3.05, 3.63) is 23.8 Å². The van der Waals surface area contributed by atoms with Crippen LogP contribution in [0.4, 0.5) is 11.4 Å². The maximum absolute atomic E-state index is 5.88. The average molecular weight is 233 g/mol. The van der Waals surface area contributed by atoms with Crippen molar-refractivity contribution in [1.82, 2.24) is 4.90 Å². The minimum absolute atomic E-state index is 0.868. The van der Waals surface area contributed by atoms with Crippen LogP contribution >= 0.6 is 0 Å². The van der Waals surface area contributed by atoms with Crippen LogP contribution in [0.25, 0.3) is 0 Å². The normalized spacial score (nSPS) is 17.0. The van der Waals surface area contributed by atoms with E-state index in [0.717, 1.165) is 24.3 Å². The van der Waals surface area contributed by atoms with E-state index in [1.807, 2.05) is 12.1 Å². The first kappa shape index (κ1) is 12.2. The number of anilines is 2. The highest BCUT2D eigenvalue weighted by atomic mass is 15.1. The van der Waals surface area contributed by atoms with Crippen LogP contribution in [0.1, 0.15) is 24.8 Å². The summed E-state index contributed by atoms with van der Waals surface area (Å²) in [5.41, 5.74) is 9.08. The van der Waals surface area contributed by atoms with Gasteiger partial charge in [0.2, 0.25) is 0 Å². The molecule has 1 aliphatic heterocycles. The Kier molecular flexibility index (Phi) is 4.26. The molecule has 0 aromatic heterocycles. The maximum atomic E-state index is 5.88. The third-order valence-corrected chi connectivity index (χ3v) is 3.57. The van der Waals surface area contributed by atoms with Crippen molar-refractivity contribution in [2.45, 2.75) is 26.2 Å². The third-order valence-electron chi connectivity index (χ3n) is 3.57. The fraction of sp³-hybridized carbons (Fsp3) is 0.571. The van der Waals surface area contributed by atoms with Gasteiger partial charge >= 0.3 is 0 Å². The predicted octanol–water partition coefficient (Wildman–Crippen LogP) is 2.48. The zero-order valence-corrected chi connectivity index (χ0v) is 10.7. The zero-order valence-electron chi connectivity index (χ0n) is 10.7. The van der Waals surface area contributed by atoms with E-state index in [0.29, 0.717) is 0 Å². The van der Waals surface area contributed by atoms with Gasteiger partial charge in [-0.2, -0.15) is 0 Å². The minimum atomic E-state index is 0.868. The summed E-state index contributed by atoms with van der Waals surface area (Å²) < 4.78 is 0. The Morgan fingerprint density at radius 2 is 2.00 bits per heavy atom. The van der Waals surface area contributed by atoms with Crippen molar-refractivity contribution in [2.75, 3.05) is 37.2 Å². The van der Waals surface area contributed by atoms with E-state index in [4.69, 9.17) is 5.73 Å². The van der Waals surface area contributed by atoms with Crippen molar-refractivity contribution < 1.29 is 0 Å². The number of piperidine rings is 1. The van der Waals surface area contributed by atoms with Crippen LogP contribution in [0.3, 0.4) is 0 Å². The number of rotatable bonds is 4. The first-order valence-electron chi connectivity index (χ1n) is 6.58. The van der Waals surface area contributed by atoms with Gasteiger partial charge in [-0.05, 0) is 50.6 Å². The summed E-state index contributed by atoms with van der Waals surface area (Å²) in [7, 11) is 0. The van der Waals surface area contributed by atoms with Crippen LogP contribution in [0.2, 0.25) is 0 Å². The molecule has 2 rings (SSSR count). The first-order valence-corrected chi connectivity index (χ1v) is 6.58. The summed E-state index contributed by atoms with van der Waals surface area (Å²) >= 11 is 0. The number of benzene rings is 1. The Morgan fingerprint density at radius 1 is 1.24 bits per heavy atom. The number of nitrogen functional groups attached to an aromatic ring is 1. The van der Waals surface area contributed by atoms with E-state index < -0.39 is 0 Å². The second-order valence-corrected chi connectivity index (χ2v) is 4.85. The lowest BCUT2D eigenvalue weighted by Gasteiger charge is -2.26. The molecule has 1 heterocycles. The summed E-state index contributed by atoms with van der Waals surface area (Å²) in [4.78, 5) is 2.54. The number of hydrogen-bond acceptors (Lipinski definition) is 3. The van der Waals surface area contributed by atoms with Gasteiger partial charge in [-0.3, -0.25) is 0 Å². The number of nitrogens with zero attached hydrogens (tertiary/aromatic N) is 1. The first-order chi connectivity index (χ1) is 8.27. The standard InChI is InChI=1S/C14H23N3/c1-12-13(15)6-5-7-14(12)16-8-11-17-9-3-2-4-10-17/h5-7,16H,2-4,8-11,15H2,1H3. The van der Waals surface area contributed by atoms with Gasteiger partial charge < -0.3 is 16.0 Å². The summed E-state index contributed by atoms with van der Waals surface area (Å²) in [6.07, 6.45) is 4.12. The molecule has 1 aromatic rings. The van der Waals surface area contributed by atoms with Gasteiger partial charge in [-0.15, -0.1) is 0 Å². The molecule has 0 unspecified atom stereocenters. The van der Waals surface area contributed by atoms with Gasteiger partial charge in [0, 0.05) is 24.5 Å². The lowest BCUT2D eigenvalue weighted by molar-refractivity contribution is 0.237. The topological polar surface area (TPSA) is 41.3 Å². The van der Waals surface area contributed by atoms with E-state index in [1.54, 1.807) is 0 Å². The minimum Gasteiger partial charge on any atom is -0.398 e. The fourth-order valence-electron chi connectivity index (χ4n) is 2.38. The monoisotopic (exact) mass is 233 g/mol. The van der Waals surface area contributed by atoms with Gasteiger partial charge in [0.15, 0.2) is 0 Å². The quantitative estimate of drug-likeness (QED) is 0.785. The van der Waals surface area contributed by atoms with Gasteiger partial charge in [-0.1, -0.05) is 12.5 Å². The number of nitrogens with two attached hydrogens (primary N) is 1. The molecule has 1 aromatic carbocycles. The smallest absolute Gasteiger partial charge is 0.0391 e. The molecular weight excluding hydrogens is 210 g/mol. The molecule has 0 aliphatic carbocycles. The lowest BCUT2D eigenvalue weighted by Crippen LogP contribution is -2.33. The van der Waals surface area contributed by atoms with Crippen molar-refractivity contribution in [2.24, 2.45) is 0 Å². The largest absolute Gasteiger partial charge is 0.398 e. The number of likely N-dealkylation sites (tertiary alicyclic amines) is 1. The maximum Gasteiger partial charge on any atom is 0.0391 e. The number of hydrogen-bond donors (Lipinski definition) is 2. The Balaban J connectivity index is 1.79. The molecule has 1 aliphatic rings. The third kappa shape index (κ3) is 3.37. The molecule has 0 bridgehead atoms. The Morgan fingerprint density at radius 3 is 2.76 bits per heavy atom. The molecule has 94 valence electrons. The van der Waals surface area contributed by atoms with Gasteiger partial charge in [0.05, 0.1) is 0 Å². The highest BCUT2D eigenvalue weighted by Crippen LogP contribution is 2.20. The van der Waals surface area contributed by atoms with E-state index in [-0.39, 0.29) is 0 Å². The van der Waals surface area contributed by atoms with E-state index in [9.17, 15) is 0 Å². The molecule has 0 radical (unpaired) electrons. The summed E-state index contributed by atoms with van der Waals surface area (Å²) in [6, 6.07) is 6.05. The second kappa shape index (κ2) is 5.92. The Hall–Kier alpha value is -1.22. The van der Waals surface area contributed by atoms with Crippen LogP contribution in [0.5, 0.6) is 0 Å². The van der Waals surface area contributed by atoms with Crippen LogP contribution in [-0.4, -0.2) is 31.1 Å². The molecule has 17 heavy (non-hydrogen) atoms. The highest BCUT2D eigenvalue weighted by Gasteiger charge is 2.09.